The molecular weight excluding hydrogens is 210 g/mol. The lowest BCUT2D eigenvalue weighted by Gasteiger charge is -2.03. The van der Waals surface area contributed by atoms with Crippen LogP contribution in [-0.2, 0) is 0 Å². The van der Waals surface area contributed by atoms with E-state index in [-0.39, 0.29) is 5.75 Å². The smallest absolute Gasteiger partial charge is 0.130 e. The molecule has 2 aromatic rings. The van der Waals surface area contributed by atoms with E-state index in [0.717, 1.165) is 4.88 Å². The highest BCUT2D eigenvalue weighted by Gasteiger charge is 2.12. The van der Waals surface area contributed by atoms with E-state index in [0.29, 0.717) is 11.3 Å². The van der Waals surface area contributed by atoms with E-state index in [4.69, 9.17) is 5.21 Å². The van der Waals surface area contributed by atoms with E-state index in [1.54, 1.807) is 24.3 Å². The zero-order chi connectivity index (χ0) is 10.7. The topological polar surface area (TPSA) is 52.8 Å². The van der Waals surface area contributed by atoms with Crippen LogP contribution >= 0.6 is 11.3 Å². The van der Waals surface area contributed by atoms with E-state index in [1.165, 1.54) is 11.3 Å². The van der Waals surface area contributed by atoms with Gasteiger partial charge in [-0.05, 0) is 23.6 Å². The number of phenols is 1. The van der Waals surface area contributed by atoms with Crippen molar-refractivity contribution in [2.24, 2.45) is 5.16 Å². The van der Waals surface area contributed by atoms with Crippen LogP contribution in [0.4, 0.5) is 0 Å². The normalized spacial score (nSPS) is 11.6. The Kier molecular flexibility index (Phi) is 2.69. The largest absolute Gasteiger partial charge is 0.507 e. The van der Waals surface area contributed by atoms with Crippen molar-refractivity contribution in [3.63, 3.8) is 0 Å². The number of aromatic hydroxyl groups is 1. The summed E-state index contributed by atoms with van der Waals surface area (Å²) in [5.74, 6) is 0.110. The van der Waals surface area contributed by atoms with Crippen LogP contribution in [0.25, 0.3) is 0 Å². The molecule has 0 aliphatic rings. The van der Waals surface area contributed by atoms with Crippen molar-refractivity contribution >= 4 is 17.0 Å². The number of thiophene rings is 1. The summed E-state index contributed by atoms with van der Waals surface area (Å²) in [6, 6.07) is 10.5. The van der Waals surface area contributed by atoms with E-state index in [1.807, 2.05) is 17.5 Å². The zero-order valence-corrected chi connectivity index (χ0v) is 8.61. The fourth-order valence-corrected chi connectivity index (χ4v) is 2.05. The van der Waals surface area contributed by atoms with E-state index < -0.39 is 0 Å². The lowest BCUT2D eigenvalue weighted by Crippen LogP contribution is -2.00. The lowest BCUT2D eigenvalue weighted by molar-refractivity contribution is 0.319. The molecule has 0 radical (unpaired) electrons. The lowest BCUT2D eigenvalue weighted by atomic mass is 10.1. The molecule has 2 N–H and O–H groups in total. The van der Waals surface area contributed by atoms with Gasteiger partial charge in [0.25, 0.3) is 0 Å². The Balaban J connectivity index is 2.50. The Bertz CT molecular complexity index is 477. The molecular formula is C11H9NO2S. The number of benzene rings is 1. The van der Waals surface area contributed by atoms with Gasteiger partial charge in [0, 0.05) is 5.56 Å². The van der Waals surface area contributed by atoms with Crippen LogP contribution in [0.2, 0.25) is 0 Å². The quantitative estimate of drug-likeness (QED) is 0.463. The second kappa shape index (κ2) is 4.14. The molecule has 1 aromatic carbocycles. The molecule has 0 aliphatic heterocycles. The van der Waals surface area contributed by atoms with Gasteiger partial charge in [-0.15, -0.1) is 11.3 Å². The number of para-hydroxylation sites is 1. The first-order chi connectivity index (χ1) is 7.33. The van der Waals surface area contributed by atoms with Crippen LogP contribution in [0, 0.1) is 0 Å². The van der Waals surface area contributed by atoms with E-state index in [9.17, 15) is 5.11 Å². The van der Waals surface area contributed by atoms with Crippen LogP contribution in [-0.4, -0.2) is 16.0 Å². The summed E-state index contributed by atoms with van der Waals surface area (Å²) >= 11 is 1.46. The fraction of sp³-hybridized carbons (Fsp3) is 0. The Morgan fingerprint density at radius 3 is 2.53 bits per heavy atom. The van der Waals surface area contributed by atoms with Crippen molar-refractivity contribution in [1.82, 2.24) is 0 Å². The van der Waals surface area contributed by atoms with Crippen molar-refractivity contribution in [2.75, 3.05) is 0 Å². The third kappa shape index (κ3) is 1.85. The summed E-state index contributed by atoms with van der Waals surface area (Å²) in [6.45, 7) is 0. The molecule has 0 amide bonds. The number of nitrogens with zero attached hydrogens (tertiary/aromatic N) is 1. The van der Waals surface area contributed by atoms with E-state index >= 15 is 0 Å². The van der Waals surface area contributed by atoms with Gasteiger partial charge in [-0.3, -0.25) is 0 Å². The number of rotatable bonds is 2. The summed E-state index contributed by atoms with van der Waals surface area (Å²) < 4.78 is 0. The van der Waals surface area contributed by atoms with Crippen LogP contribution in [0.5, 0.6) is 5.75 Å². The van der Waals surface area contributed by atoms with Gasteiger partial charge in [0.2, 0.25) is 0 Å². The third-order valence-corrected chi connectivity index (χ3v) is 2.89. The van der Waals surface area contributed by atoms with Gasteiger partial charge < -0.3 is 10.3 Å². The van der Waals surface area contributed by atoms with Gasteiger partial charge in [-0.2, -0.15) is 0 Å². The minimum absolute atomic E-state index is 0.110. The van der Waals surface area contributed by atoms with Gasteiger partial charge in [0.05, 0.1) is 4.88 Å². The maximum absolute atomic E-state index is 9.62. The van der Waals surface area contributed by atoms with Gasteiger partial charge in [-0.1, -0.05) is 23.4 Å². The standard InChI is InChI=1S/C11H9NO2S/c13-9-5-2-1-4-8(9)11(12-14)10-6-3-7-15-10/h1-7,13-14H/b12-11-. The number of hydrogen-bond donors (Lipinski definition) is 2. The summed E-state index contributed by atoms with van der Waals surface area (Å²) in [7, 11) is 0. The molecule has 1 aromatic heterocycles. The molecule has 4 heteroatoms. The maximum atomic E-state index is 9.62. The Morgan fingerprint density at radius 1 is 1.13 bits per heavy atom. The molecule has 76 valence electrons. The first kappa shape index (κ1) is 9.73. The predicted octanol–water partition coefficient (Wildman–Crippen LogP) is 2.68. The first-order valence-corrected chi connectivity index (χ1v) is 5.25. The molecule has 0 aliphatic carbocycles. The second-order valence-electron chi connectivity index (χ2n) is 2.94. The average Bonchev–Trinajstić information content (AvgIpc) is 2.75. The monoisotopic (exact) mass is 219 g/mol. The van der Waals surface area contributed by atoms with Gasteiger partial charge in [-0.25, -0.2) is 0 Å². The second-order valence-corrected chi connectivity index (χ2v) is 3.89. The number of hydrogen-bond acceptors (Lipinski definition) is 4. The van der Waals surface area contributed by atoms with Crippen molar-refractivity contribution < 1.29 is 10.3 Å². The molecule has 15 heavy (non-hydrogen) atoms. The van der Waals surface area contributed by atoms with Crippen molar-refractivity contribution in [3.8, 4) is 5.75 Å². The molecule has 3 nitrogen and oxygen atoms in total. The molecule has 0 saturated heterocycles. The zero-order valence-electron chi connectivity index (χ0n) is 7.79. The third-order valence-electron chi connectivity index (χ3n) is 2.01. The van der Waals surface area contributed by atoms with Crippen LogP contribution in [0.3, 0.4) is 0 Å². The molecule has 0 saturated carbocycles. The molecule has 0 atom stereocenters. The van der Waals surface area contributed by atoms with Crippen molar-refractivity contribution in [3.05, 3.63) is 52.2 Å². The van der Waals surface area contributed by atoms with Crippen LogP contribution < -0.4 is 0 Å². The molecule has 0 unspecified atom stereocenters. The Morgan fingerprint density at radius 2 is 1.93 bits per heavy atom. The van der Waals surface area contributed by atoms with Gasteiger partial charge in [0.15, 0.2) is 0 Å². The van der Waals surface area contributed by atoms with Crippen LogP contribution in [0.1, 0.15) is 10.4 Å². The Hall–Kier alpha value is -1.81. The summed E-state index contributed by atoms with van der Waals surface area (Å²) in [5, 5.41) is 23.7. The Labute approximate surface area is 90.9 Å². The minimum Gasteiger partial charge on any atom is -0.507 e. The van der Waals surface area contributed by atoms with Gasteiger partial charge >= 0.3 is 0 Å². The summed E-state index contributed by atoms with van der Waals surface area (Å²) in [6.07, 6.45) is 0. The van der Waals surface area contributed by atoms with Gasteiger partial charge in [0.1, 0.15) is 11.5 Å². The highest BCUT2D eigenvalue weighted by molar-refractivity contribution is 7.12. The molecule has 0 fully saturated rings. The molecule has 1 heterocycles. The molecule has 2 rings (SSSR count). The fourth-order valence-electron chi connectivity index (χ4n) is 1.32. The maximum Gasteiger partial charge on any atom is 0.130 e. The highest BCUT2D eigenvalue weighted by Crippen LogP contribution is 2.22. The summed E-state index contributed by atoms with van der Waals surface area (Å²) in [5.41, 5.74) is 0.922. The van der Waals surface area contributed by atoms with Crippen molar-refractivity contribution in [1.29, 1.82) is 0 Å². The average molecular weight is 219 g/mol. The van der Waals surface area contributed by atoms with Crippen LogP contribution in [0.15, 0.2) is 46.9 Å². The number of phenolic OH excluding ortho intramolecular Hbond substituents is 1. The molecule has 0 spiro atoms. The van der Waals surface area contributed by atoms with E-state index in [2.05, 4.69) is 5.16 Å². The predicted molar refractivity (Wildman–Crippen MR) is 59.9 cm³/mol. The SMILES string of the molecule is O/N=C(\c1cccs1)c1ccccc1O. The first-order valence-electron chi connectivity index (χ1n) is 4.37. The molecule has 0 bridgehead atoms. The highest BCUT2D eigenvalue weighted by atomic mass is 32.1. The van der Waals surface area contributed by atoms with Crippen molar-refractivity contribution in [2.45, 2.75) is 0 Å². The minimum atomic E-state index is 0.110. The summed E-state index contributed by atoms with van der Waals surface area (Å²) in [4.78, 5) is 0.819. The number of oxime groups is 1.